The fourth-order valence-electron chi connectivity index (χ4n) is 2.51. The number of hydrogen-bond acceptors (Lipinski definition) is 3. The molecule has 0 aromatic heterocycles. The molecule has 0 aromatic rings. The number of carbonyl (C=O) groups is 1. The van der Waals surface area contributed by atoms with Crippen molar-refractivity contribution in [3.63, 3.8) is 0 Å². The molecular weight excluding hydrogens is 216 g/mol. The van der Waals surface area contributed by atoms with Gasteiger partial charge in [0.2, 0.25) is 5.91 Å². The monoisotopic (exact) mass is 242 g/mol. The van der Waals surface area contributed by atoms with Gasteiger partial charge in [-0.3, -0.25) is 4.79 Å². The molecule has 17 heavy (non-hydrogen) atoms. The maximum atomic E-state index is 11.5. The van der Waals surface area contributed by atoms with Gasteiger partial charge in [0.05, 0.1) is 6.61 Å². The molecule has 0 aliphatic heterocycles. The highest BCUT2D eigenvalue weighted by Crippen LogP contribution is 2.28. The van der Waals surface area contributed by atoms with Crippen molar-refractivity contribution in [2.24, 2.45) is 17.6 Å². The third kappa shape index (κ3) is 5.50. The zero-order valence-electron chi connectivity index (χ0n) is 10.9. The van der Waals surface area contributed by atoms with Crippen molar-refractivity contribution in [1.29, 1.82) is 0 Å². The van der Waals surface area contributed by atoms with Crippen molar-refractivity contribution >= 4 is 5.91 Å². The first-order valence-electron chi connectivity index (χ1n) is 6.82. The molecule has 4 heteroatoms. The second-order valence-corrected chi connectivity index (χ2v) is 4.79. The van der Waals surface area contributed by atoms with E-state index >= 15 is 0 Å². The molecule has 1 aliphatic rings. The normalized spacial score (nSPS) is 24.6. The smallest absolute Gasteiger partial charge is 0.222 e. The second kappa shape index (κ2) is 8.48. The number of amides is 1. The molecule has 1 fully saturated rings. The van der Waals surface area contributed by atoms with Gasteiger partial charge in [0.25, 0.3) is 0 Å². The van der Waals surface area contributed by atoms with E-state index in [-0.39, 0.29) is 5.91 Å². The Hall–Kier alpha value is -0.610. The third-order valence-corrected chi connectivity index (χ3v) is 3.61. The summed E-state index contributed by atoms with van der Waals surface area (Å²) >= 11 is 0. The Labute approximate surface area is 104 Å². The van der Waals surface area contributed by atoms with E-state index in [4.69, 9.17) is 10.5 Å². The van der Waals surface area contributed by atoms with Crippen LogP contribution in [0.4, 0.5) is 0 Å². The predicted molar refractivity (Wildman–Crippen MR) is 68.6 cm³/mol. The number of carbonyl (C=O) groups excluding carboxylic acids is 1. The van der Waals surface area contributed by atoms with Gasteiger partial charge in [0.15, 0.2) is 0 Å². The van der Waals surface area contributed by atoms with E-state index in [0.29, 0.717) is 31.5 Å². The molecular formula is C13H26N2O2. The summed E-state index contributed by atoms with van der Waals surface area (Å²) in [5, 5.41) is 3.00. The van der Waals surface area contributed by atoms with Gasteiger partial charge in [-0.25, -0.2) is 0 Å². The van der Waals surface area contributed by atoms with Gasteiger partial charge in [0, 0.05) is 19.6 Å². The molecule has 0 spiro atoms. The molecule has 0 heterocycles. The fraction of sp³-hybridized carbons (Fsp3) is 0.923. The first kappa shape index (κ1) is 14.5. The van der Waals surface area contributed by atoms with Crippen LogP contribution >= 0.6 is 0 Å². The maximum Gasteiger partial charge on any atom is 0.222 e. The number of nitrogens with two attached hydrogens (primary N) is 1. The van der Waals surface area contributed by atoms with Crippen LogP contribution < -0.4 is 11.1 Å². The number of ether oxygens (including phenoxy) is 1. The molecule has 2 atom stereocenters. The summed E-state index contributed by atoms with van der Waals surface area (Å²) in [6.45, 7) is 4.66. The minimum atomic E-state index is 0.0970. The molecule has 3 N–H and O–H groups in total. The average molecular weight is 242 g/mol. The zero-order valence-corrected chi connectivity index (χ0v) is 10.9. The Balaban J connectivity index is 2.17. The van der Waals surface area contributed by atoms with Crippen LogP contribution in [0.2, 0.25) is 0 Å². The van der Waals surface area contributed by atoms with E-state index in [2.05, 4.69) is 5.32 Å². The van der Waals surface area contributed by atoms with E-state index in [1.807, 2.05) is 6.92 Å². The molecule has 1 saturated carbocycles. The quantitative estimate of drug-likeness (QED) is 0.661. The highest BCUT2D eigenvalue weighted by Gasteiger charge is 2.23. The van der Waals surface area contributed by atoms with Gasteiger partial charge in [-0.2, -0.15) is 0 Å². The van der Waals surface area contributed by atoms with E-state index in [1.165, 1.54) is 25.7 Å². The number of rotatable bonds is 7. The van der Waals surface area contributed by atoms with Crippen LogP contribution in [0.25, 0.3) is 0 Å². The standard InChI is InChI=1S/C13H26N2O2/c1-2-17-8-7-13(16)15-10-12-6-4-3-5-11(12)9-14/h11-12H,2-10,14H2,1H3,(H,15,16). The topological polar surface area (TPSA) is 64.3 Å². The third-order valence-electron chi connectivity index (χ3n) is 3.61. The van der Waals surface area contributed by atoms with Gasteiger partial charge >= 0.3 is 0 Å². The lowest BCUT2D eigenvalue weighted by Gasteiger charge is -2.30. The van der Waals surface area contributed by atoms with Crippen molar-refractivity contribution in [2.75, 3.05) is 26.3 Å². The summed E-state index contributed by atoms with van der Waals surface area (Å²) in [4.78, 5) is 11.5. The van der Waals surface area contributed by atoms with Crippen LogP contribution in [-0.4, -0.2) is 32.2 Å². The minimum Gasteiger partial charge on any atom is -0.381 e. The molecule has 0 bridgehead atoms. The first-order chi connectivity index (χ1) is 8.27. The summed E-state index contributed by atoms with van der Waals surface area (Å²) in [7, 11) is 0. The van der Waals surface area contributed by atoms with Crippen LogP contribution in [0.1, 0.15) is 39.0 Å². The lowest BCUT2D eigenvalue weighted by atomic mass is 9.79. The molecule has 0 radical (unpaired) electrons. The lowest BCUT2D eigenvalue weighted by molar-refractivity contribution is -0.122. The largest absolute Gasteiger partial charge is 0.381 e. The molecule has 1 amide bonds. The molecule has 0 saturated heterocycles. The van der Waals surface area contributed by atoms with Gasteiger partial charge in [0.1, 0.15) is 0 Å². The average Bonchev–Trinajstić information content (AvgIpc) is 2.37. The van der Waals surface area contributed by atoms with E-state index < -0.39 is 0 Å². The van der Waals surface area contributed by atoms with Gasteiger partial charge < -0.3 is 15.8 Å². The van der Waals surface area contributed by atoms with Crippen molar-refractivity contribution < 1.29 is 9.53 Å². The Morgan fingerprint density at radius 1 is 1.35 bits per heavy atom. The second-order valence-electron chi connectivity index (χ2n) is 4.79. The van der Waals surface area contributed by atoms with Crippen LogP contribution in [0.3, 0.4) is 0 Å². The van der Waals surface area contributed by atoms with E-state index in [9.17, 15) is 4.79 Å². The molecule has 4 nitrogen and oxygen atoms in total. The molecule has 2 unspecified atom stereocenters. The fourth-order valence-corrected chi connectivity index (χ4v) is 2.51. The summed E-state index contributed by atoms with van der Waals surface area (Å²) in [5.74, 6) is 1.26. The maximum absolute atomic E-state index is 11.5. The predicted octanol–water partition coefficient (Wildman–Crippen LogP) is 1.29. The van der Waals surface area contributed by atoms with Crippen LogP contribution in [0.15, 0.2) is 0 Å². The van der Waals surface area contributed by atoms with Crippen molar-refractivity contribution in [1.82, 2.24) is 5.32 Å². The Morgan fingerprint density at radius 3 is 2.71 bits per heavy atom. The van der Waals surface area contributed by atoms with Gasteiger partial charge in [-0.1, -0.05) is 12.8 Å². The van der Waals surface area contributed by atoms with Gasteiger partial charge in [-0.05, 0) is 38.1 Å². The van der Waals surface area contributed by atoms with Crippen LogP contribution in [0, 0.1) is 11.8 Å². The minimum absolute atomic E-state index is 0.0970. The highest BCUT2D eigenvalue weighted by molar-refractivity contribution is 5.75. The van der Waals surface area contributed by atoms with Crippen molar-refractivity contribution in [3.8, 4) is 0 Å². The SMILES string of the molecule is CCOCCC(=O)NCC1CCCCC1CN. The summed E-state index contributed by atoms with van der Waals surface area (Å²) in [5.41, 5.74) is 5.77. The molecule has 1 aliphatic carbocycles. The lowest BCUT2D eigenvalue weighted by Crippen LogP contribution is -2.37. The Bertz CT molecular complexity index is 221. The zero-order chi connectivity index (χ0) is 12.5. The van der Waals surface area contributed by atoms with Crippen LogP contribution in [-0.2, 0) is 9.53 Å². The number of nitrogens with one attached hydrogen (secondary N) is 1. The Morgan fingerprint density at radius 2 is 2.06 bits per heavy atom. The summed E-state index contributed by atoms with van der Waals surface area (Å²) < 4.78 is 5.16. The molecule has 0 aromatic carbocycles. The molecule has 100 valence electrons. The first-order valence-corrected chi connectivity index (χ1v) is 6.82. The van der Waals surface area contributed by atoms with E-state index in [0.717, 1.165) is 13.1 Å². The van der Waals surface area contributed by atoms with E-state index in [1.54, 1.807) is 0 Å². The highest BCUT2D eigenvalue weighted by atomic mass is 16.5. The van der Waals surface area contributed by atoms with Crippen molar-refractivity contribution in [2.45, 2.75) is 39.0 Å². The summed E-state index contributed by atoms with van der Waals surface area (Å²) in [6, 6.07) is 0. The number of hydrogen-bond donors (Lipinski definition) is 2. The summed E-state index contributed by atoms with van der Waals surface area (Å²) in [6.07, 6.45) is 5.45. The Kier molecular flexibility index (Phi) is 7.21. The van der Waals surface area contributed by atoms with Crippen LogP contribution in [0.5, 0.6) is 0 Å². The van der Waals surface area contributed by atoms with Crippen molar-refractivity contribution in [3.05, 3.63) is 0 Å². The van der Waals surface area contributed by atoms with Gasteiger partial charge in [-0.15, -0.1) is 0 Å². The molecule has 1 rings (SSSR count).